The maximum atomic E-state index is 11.9. The molecule has 5 nitrogen and oxygen atoms in total. The van der Waals surface area contributed by atoms with Crippen molar-refractivity contribution in [2.75, 3.05) is 0 Å². The van der Waals surface area contributed by atoms with Gasteiger partial charge in [0.25, 0.3) is 0 Å². The molecule has 17 heavy (non-hydrogen) atoms. The molecule has 0 aliphatic carbocycles. The summed E-state index contributed by atoms with van der Waals surface area (Å²) in [5, 5.41) is 0.135. The zero-order valence-corrected chi connectivity index (χ0v) is 10.2. The van der Waals surface area contributed by atoms with Crippen LogP contribution in [0.2, 0.25) is 5.15 Å². The van der Waals surface area contributed by atoms with Crippen LogP contribution in [0.3, 0.4) is 0 Å². The van der Waals surface area contributed by atoms with E-state index in [-0.39, 0.29) is 16.6 Å². The van der Waals surface area contributed by atoms with Gasteiger partial charge in [-0.15, -0.1) is 0 Å². The van der Waals surface area contributed by atoms with Gasteiger partial charge in [0, 0.05) is 18.3 Å². The number of sulfonamides is 1. The van der Waals surface area contributed by atoms with Gasteiger partial charge in [0.1, 0.15) is 5.15 Å². The SMILES string of the molecule is O=S(=O)(NCc1ccoc1)c1ccnc(Cl)c1. The van der Waals surface area contributed by atoms with E-state index in [4.69, 9.17) is 16.0 Å². The number of rotatable bonds is 4. The van der Waals surface area contributed by atoms with E-state index < -0.39 is 10.0 Å². The summed E-state index contributed by atoms with van der Waals surface area (Å²) in [6.07, 6.45) is 4.30. The van der Waals surface area contributed by atoms with Gasteiger partial charge in [0.2, 0.25) is 10.0 Å². The molecular weight excluding hydrogens is 264 g/mol. The molecule has 0 amide bonds. The molecule has 0 spiro atoms. The van der Waals surface area contributed by atoms with Gasteiger partial charge in [-0.25, -0.2) is 18.1 Å². The van der Waals surface area contributed by atoms with Gasteiger partial charge in [0.05, 0.1) is 17.4 Å². The maximum absolute atomic E-state index is 11.9. The number of nitrogens with zero attached hydrogens (tertiary/aromatic N) is 1. The van der Waals surface area contributed by atoms with Gasteiger partial charge in [-0.1, -0.05) is 11.6 Å². The van der Waals surface area contributed by atoms with Crippen LogP contribution in [0.1, 0.15) is 5.56 Å². The lowest BCUT2D eigenvalue weighted by Gasteiger charge is -2.05. The van der Waals surface area contributed by atoms with Crippen molar-refractivity contribution in [1.29, 1.82) is 0 Å². The lowest BCUT2D eigenvalue weighted by molar-refractivity contribution is 0.561. The zero-order chi connectivity index (χ0) is 12.3. The van der Waals surface area contributed by atoms with Gasteiger partial charge in [-0.2, -0.15) is 0 Å². The molecule has 0 aromatic carbocycles. The van der Waals surface area contributed by atoms with E-state index in [1.54, 1.807) is 6.07 Å². The summed E-state index contributed by atoms with van der Waals surface area (Å²) in [7, 11) is -3.57. The van der Waals surface area contributed by atoms with Gasteiger partial charge < -0.3 is 4.42 Å². The molecule has 2 rings (SSSR count). The molecule has 0 radical (unpaired) electrons. The molecule has 2 heterocycles. The number of halogens is 1. The van der Waals surface area contributed by atoms with Crippen molar-refractivity contribution in [1.82, 2.24) is 9.71 Å². The molecule has 1 N–H and O–H groups in total. The quantitative estimate of drug-likeness (QED) is 0.862. The monoisotopic (exact) mass is 272 g/mol. The first-order valence-corrected chi connectivity index (χ1v) is 6.56. The average molecular weight is 273 g/mol. The normalized spacial score (nSPS) is 11.6. The predicted octanol–water partition coefficient (Wildman–Crippen LogP) is 1.81. The number of hydrogen-bond donors (Lipinski definition) is 1. The van der Waals surface area contributed by atoms with E-state index in [2.05, 4.69) is 9.71 Å². The van der Waals surface area contributed by atoms with Crippen molar-refractivity contribution in [2.45, 2.75) is 11.4 Å². The van der Waals surface area contributed by atoms with Crippen molar-refractivity contribution in [3.05, 3.63) is 47.6 Å². The molecule has 0 bridgehead atoms. The first-order chi connectivity index (χ1) is 8.08. The lowest BCUT2D eigenvalue weighted by Crippen LogP contribution is -2.23. The minimum Gasteiger partial charge on any atom is -0.472 e. The van der Waals surface area contributed by atoms with Crippen molar-refractivity contribution in [3.63, 3.8) is 0 Å². The molecule has 90 valence electrons. The Morgan fingerprint density at radius 1 is 1.41 bits per heavy atom. The van der Waals surface area contributed by atoms with Crippen LogP contribution in [-0.4, -0.2) is 13.4 Å². The summed E-state index contributed by atoms with van der Waals surface area (Å²) in [5.74, 6) is 0. The summed E-state index contributed by atoms with van der Waals surface area (Å²) in [6, 6.07) is 4.35. The van der Waals surface area contributed by atoms with Crippen LogP contribution in [0.15, 0.2) is 46.2 Å². The van der Waals surface area contributed by atoms with Gasteiger partial charge >= 0.3 is 0 Å². The molecule has 0 saturated heterocycles. The highest BCUT2D eigenvalue weighted by molar-refractivity contribution is 7.89. The molecule has 0 atom stereocenters. The fraction of sp³-hybridized carbons (Fsp3) is 0.100. The van der Waals surface area contributed by atoms with Crippen LogP contribution in [0.5, 0.6) is 0 Å². The fourth-order valence-corrected chi connectivity index (χ4v) is 2.48. The molecular formula is C10H9ClN2O3S. The Bertz CT molecular complexity index is 596. The highest BCUT2D eigenvalue weighted by Gasteiger charge is 2.14. The third-order valence-electron chi connectivity index (χ3n) is 2.05. The van der Waals surface area contributed by atoms with E-state index in [0.717, 1.165) is 5.56 Å². The van der Waals surface area contributed by atoms with Gasteiger partial charge in [-0.05, 0) is 18.2 Å². The lowest BCUT2D eigenvalue weighted by atomic mass is 10.4. The van der Waals surface area contributed by atoms with Crippen molar-refractivity contribution >= 4 is 21.6 Å². The van der Waals surface area contributed by atoms with Crippen LogP contribution in [-0.2, 0) is 16.6 Å². The Morgan fingerprint density at radius 2 is 2.24 bits per heavy atom. The Balaban J connectivity index is 2.14. The number of pyridine rings is 1. The Morgan fingerprint density at radius 3 is 2.88 bits per heavy atom. The van der Waals surface area contributed by atoms with Crippen LogP contribution in [0.4, 0.5) is 0 Å². The van der Waals surface area contributed by atoms with E-state index in [1.807, 2.05) is 0 Å². The first-order valence-electron chi connectivity index (χ1n) is 4.70. The third kappa shape index (κ3) is 3.06. The summed E-state index contributed by atoms with van der Waals surface area (Å²) in [5.41, 5.74) is 0.744. The van der Waals surface area contributed by atoms with Crippen LogP contribution >= 0.6 is 11.6 Å². The van der Waals surface area contributed by atoms with E-state index in [9.17, 15) is 8.42 Å². The number of aromatic nitrogens is 1. The molecule has 2 aromatic rings. The standard InChI is InChI=1S/C10H9ClN2O3S/c11-10-5-9(1-3-12-10)17(14,15)13-6-8-2-4-16-7-8/h1-5,7,13H,6H2. The summed E-state index contributed by atoms with van der Waals surface area (Å²) >= 11 is 5.63. The number of furan rings is 1. The molecule has 0 aliphatic rings. The van der Waals surface area contributed by atoms with Crippen LogP contribution in [0.25, 0.3) is 0 Å². The highest BCUT2D eigenvalue weighted by Crippen LogP contribution is 2.13. The van der Waals surface area contributed by atoms with Crippen molar-refractivity contribution in [3.8, 4) is 0 Å². The molecule has 0 saturated carbocycles. The third-order valence-corrected chi connectivity index (χ3v) is 3.66. The van der Waals surface area contributed by atoms with E-state index >= 15 is 0 Å². The second-order valence-electron chi connectivity index (χ2n) is 3.27. The fourth-order valence-electron chi connectivity index (χ4n) is 1.21. The van der Waals surface area contributed by atoms with E-state index in [0.29, 0.717) is 0 Å². The van der Waals surface area contributed by atoms with E-state index in [1.165, 1.54) is 30.9 Å². The minimum absolute atomic E-state index is 0.0843. The average Bonchev–Trinajstić information content (AvgIpc) is 2.79. The topological polar surface area (TPSA) is 72.2 Å². The first kappa shape index (κ1) is 12.1. The number of nitrogens with one attached hydrogen (secondary N) is 1. The second-order valence-corrected chi connectivity index (χ2v) is 5.42. The highest BCUT2D eigenvalue weighted by atomic mass is 35.5. The second kappa shape index (κ2) is 4.87. The summed E-state index contributed by atoms with van der Waals surface area (Å²) in [6.45, 7) is 0.165. The summed E-state index contributed by atoms with van der Waals surface area (Å²) in [4.78, 5) is 3.81. The maximum Gasteiger partial charge on any atom is 0.241 e. The summed E-state index contributed by atoms with van der Waals surface area (Å²) < 4.78 is 31.0. The molecule has 7 heteroatoms. The zero-order valence-electron chi connectivity index (χ0n) is 8.63. The largest absolute Gasteiger partial charge is 0.472 e. The van der Waals surface area contributed by atoms with Crippen LogP contribution < -0.4 is 4.72 Å². The van der Waals surface area contributed by atoms with Gasteiger partial charge in [-0.3, -0.25) is 0 Å². The molecule has 0 aliphatic heterocycles. The van der Waals surface area contributed by atoms with Crippen molar-refractivity contribution < 1.29 is 12.8 Å². The van der Waals surface area contributed by atoms with Crippen molar-refractivity contribution in [2.24, 2.45) is 0 Å². The smallest absolute Gasteiger partial charge is 0.241 e. The molecule has 0 fully saturated rings. The molecule has 2 aromatic heterocycles. The Kier molecular flexibility index (Phi) is 3.46. The van der Waals surface area contributed by atoms with Crippen LogP contribution in [0, 0.1) is 0 Å². The Labute approximate surface area is 103 Å². The molecule has 0 unspecified atom stereocenters. The number of hydrogen-bond acceptors (Lipinski definition) is 4. The Hall–Kier alpha value is -1.37. The predicted molar refractivity (Wildman–Crippen MR) is 62.0 cm³/mol. The van der Waals surface area contributed by atoms with Gasteiger partial charge in [0.15, 0.2) is 0 Å². The minimum atomic E-state index is -3.57.